The number of benzene rings is 2. The van der Waals surface area contributed by atoms with Crippen molar-refractivity contribution < 1.29 is 9.90 Å². The molecule has 0 aliphatic heterocycles. The second-order valence-corrected chi connectivity index (χ2v) is 12.0. The Balaban J connectivity index is 1.14. The average Bonchev–Trinajstić information content (AvgIpc) is 2.79. The second kappa shape index (κ2) is 7.84. The Bertz CT molecular complexity index is 1250. The summed E-state index contributed by atoms with van der Waals surface area (Å²) in [4.78, 5) is 15.2. The Hall–Kier alpha value is -3.34. The molecule has 0 spiro atoms. The van der Waals surface area contributed by atoms with Crippen molar-refractivity contribution in [3.63, 3.8) is 0 Å². The highest BCUT2D eigenvalue weighted by atomic mass is 16.4. The maximum absolute atomic E-state index is 11.1. The summed E-state index contributed by atoms with van der Waals surface area (Å²) in [6.45, 7) is 5.08. The molecule has 4 saturated carbocycles. The van der Waals surface area contributed by atoms with Crippen LogP contribution in [0.15, 0.2) is 66.7 Å². The fourth-order valence-electron chi connectivity index (χ4n) is 8.25. The third-order valence-electron chi connectivity index (χ3n) is 8.54. The van der Waals surface area contributed by atoms with Crippen LogP contribution in [0.25, 0.3) is 0 Å². The van der Waals surface area contributed by atoms with E-state index in [1.165, 1.54) is 50.2 Å². The summed E-state index contributed by atoms with van der Waals surface area (Å²) >= 11 is 0. The smallest absolute Gasteiger partial charge is 0.354 e. The summed E-state index contributed by atoms with van der Waals surface area (Å²) in [6, 6.07) is 22.0. The molecule has 0 saturated heterocycles. The number of nitrogens with one attached hydrogen (secondary N) is 2. The van der Waals surface area contributed by atoms with Gasteiger partial charge in [0.05, 0.1) is 0 Å². The number of carbonyl (C=O) groups is 1. The molecular weight excluding hydrogens is 434 g/mol. The van der Waals surface area contributed by atoms with Gasteiger partial charge in [-0.25, -0.2) is 9.78 Å². The van der Waals surface area contributed by atoms with E-state index in [9.17, 15) is 4.79 Å². The Morgan fingerprint density at radius 1 is 0.800 bits per heavy atom. The predicted molar refractivity (Wildman–Crippen MR) is 140 cm³/mol. The Morgan fingerprint density at radius 3 is 1.94 bits per heavy atom. The van der Waals surface area contributed by atoms with Gasteiger partial charge < -0.3 is 15.7 Å². The zero-order valence-corrected chi connectivity index (χ0v) is 20.5. The monoisotopic (exact) mass is 467 g/mol. The molecule has 2 unspecified atom stereocenters. The number of rotatable bonds is 6. The molecule has 1 aromatic heterocycles. The van der Waals surface area contributed by atoms with Crippen molar-refractivity contribution in [2.75, 3.05) is 10.6 Å². The van der Waals surface area contributed by atoms with Crippen LogP contribution in [0.1, 0.15) is 68.4 Å². The van der Waals surface area contributed by atoms with Gasteiger partial charge in [0.2, 0.25) is 0 Å². The van der Waals surface area contributed by atoms with Gasteiger partial charge in [0.1, 0.15) is 5.82 Å². The molecule has 1 heterocycles. The molecule has 0 radical (unpaired) electrons. The molecule has 5 nitrogen and oxygen atoms in total. The van der Waals surface area contributed by atoms with E-state index in [2.05, 4.69) is 53.7 Å². The van der Waals surface area contributed by atoms with Crippen LogP contribution in [0.5, 0.6) is 0 Å². The first-order valence-electron chi connectivity index (χ1n) is 12.7. The summed E-state index contributed by atoms with van der Waals surface area (Å²) < 4.78 is 0. The fraction of sp³-hybridized carbons (Fsp3) is 0.400. The quantitative estimate of drug-likeness (QED) is 0.350. The lowest BCUT2D eigenvalue weighted by molar-refractivity contribution is -0.110. The van der Waals surface area contributed by atoms with Crippen LogP contribution in [0.4, 0.5) is 22.9 Å². The van der Waals surface area contributed by atoms with Gasteiger partial charge in [-0.05, 0) is 115 Å². The minimum absolute atomic E-state index is 0.0217. The predicted octanol–water partition coefficient (Wildman–Crippen LogP) is 7.52. The molecule has 4 fully saturated rings. The van der Waals surface area contributed by atoms with Crippen molar-refractivity contribution in [2.24, 2.45) is 16.7 Å². The van der Waals surface area contributed by atoms with Crippen molar-refractivity contribution >= 4 is 28.8 Å². The molecule has 3 aromatic rings. The number of nitrogens with zero attached hydrogens (tertiary/aromatic N) is 1. The van der Waals surface area contributed by atoms with Crippen molar-refractivity contribution in [3.05, 3.63) is 78.0 Å². The van der Waals surface area contributed by atoms with Gasteiger partial charge in [0.25, 0.3) is 0 Å². The zero-order valence-electron chi connectivity index (χ0n) is 20.5. The molecule has 4 bridgehead atoms. The topological polar surface area (TPSA) is 74.2 Å². The molecule has 180 valence electrons. The van der Waals surface area contributed by atoms with Gasteiger partial charge >= 0.3 is 5.97 Å². The van der Waals surface area contributed by atoms with Gasteiger partial charge in [0, 0.05) is 17.1 Å². The van der Waals surface area contributed by atoms with Gasteiger partial charge in [-0.1, -0.05) is 32.0 Å². The van der Waals surface area contributed by atoms with Crippen LogP contribution in [0.2, 0.25) is 0 Å². The van der Waals surface area contributed by atoms with Gasteiger partial charge in [0.15, 0.2) is 5.69 Å². The first-order valence-corrected chi connectivity index (χ1v) is 12.7. The molecule has 7 rings (SSSR count). The van der Waals surface area contributed by atoms with Gasteiger partial charge in [-0.2, -0.15) is 0 Å². The molecule has 3 N–H and O–H groups in total. The summed E-state index contributed by atoms with van der Waals surface area (Å²) in [5.41, 5.74) is 5.90. The normalized spacial score (nSPS) is 30.7. The van der Waals surface area contributed by atoms with Crippen LogP contribution in [-0.2, 0) is 5.41 Å². The van der Waals surface area contributed by atoms with Crippen molar-refractivity contribution in [1.29, 1.82) is 0 Å². The van der Waals surface area contributed by atoms with E-state index in [4.69, 9.17) is 5.11 Å². The highest BCUT2D eigenvalue weighted by Gasteiger charge is 2.60. The summed E-state index contributed by atoms with van der Waals surface area (Å²) in [6.07, 6.45) is 8.31. The molecule has 2 atom stereocenters. The lowest BCUT2D eigenvalue weighted by Gasteiger charge is -2.65. The standard InChI is InChI=1S/C30H33N3O2/c1-28-14-20-15-29(2,17-28)19-30(16-20,18-28)21-6-8-22(9-7-21)31-23-10-12-24(13-11-23)32-26-5-3-4-25(33-26)27(34)35/h3-13,20,31H,14-19H2,1-2H3,(H,32,33)(H,34,35). The largest absolute Gasteiger partial charge is 0.477 e. The van der Waals surface area contributed by atoms with Crippen LogP contribution in [0.3, 0.4) is 0 Å². The average molecular weight is 468 g/mol. The molecular formula is C30H33N3O2. The van der Waals surface area contributed by atoms with Gasteiger partial charge in [-0.15, -0.1) is 0 Å². The zero-order chi connectivity index (χ0) is 24.3. The van der Waals surface area contributed by atoms with E-state index in [1.54, 1.807) is 12.1 Å². The lowest BCUT2D eigenvalue weighted by Crippen LogP contribution is -2.56. The first kappa shape index (κ1) is 22.1. The molecule has 4 aliphatic carbocycles. The molecule has 0 amide bonds. The third kappa shape index (κ3) is 4.18. The number of anilines is 4. The number of carboxylic acids is 1. The second-order valence-electron chi connectivity index (χ2n) is 12.0. The summed E-state index contributed by atoms with van der Waals surface area (Å²) in [5, 5.41) is 15.8. The number of hydrogen-bond donors (Lipinski definition) is 3. The third-order valence-corrected chi connectivity index (χ3v) is 8.54. The first-order chi connectivity index (χ1) is 16.7. The number of hydrogen-bond acceptors (Lipinski definition) is 4. The lowest BCUT2D eigenvalue weighted by atomic mass is 9.39. The van der Waals surface area contributed by atoms with Crippen LogP contribution in [-0.4, -0.2) is 16.1 Å². The van der Waals surface area contributed by atoms with E-state index in [0.29, 0.717) is 22.1 Å². The van der Waals surface area contributed by atoms with Crippen LogP contribution >= 0.6 is 0 Å². The van der Waals surface area contributed by atoms with Crippen molar-refractivity contribution in [3.8, 4) is 0 Å². The maximum Gasteiger partial charge on any atom is 0.354 e. The Morgan fingerprint density at radius 2 is 1.37 bits per heavy atom. The molecule has 35 heavy (non-hydrogen) atoms. The minimum Gasteiger partial charge on any atom is -0.477 e. The van der Waals surface area contributed by atoms with Crippen LogP contribution in [0, 0.1) is 16.7 Å². The number of pyridine rings is 1. The number of carboxylic acid groups (broad SMARTS) is 1. The Kier molecular flexibility index (Phi) is 4.96. The Labute approximate surface area is 207 Å². The highest BCUT2D eigenvalue weighted by molar-refractivity contribution is 5.85. The van der Waals surface area contributed by atoms with E-state index in [0.717, 1.165) is 23.0 Å². The summed E-state index contributed by atoms with van der Waals surface area (Å²) in [5.74, 6) is 0.368. The van der Waals surface area contributed by atoms with E-state index in [-0.39, 0.29) is 5.69 Å². The number of aromatic nitrogens is 1. The maximum atomic E-state index is 11.1. The molecule has 4 aliphatic rings. The van der Waals surface area contributed by atoms with Crippen molar-refractivity contribution in [2.45, 2.75) is 57.8 Å². The van der Waals surface area contributed by atoms with Gasteiger partial charge in [-0.3, -0.25) is 0 Å². The van der Waals surface area contributed by atoms with E-state index < -0.39 is 5.97 Å². The highest BCUT2D eigenvalue weighted by Crippen LogP contribution is 2.69. The molecule has 5 heteroatoms. The SMILES string of the molecule is CC12CC3CC(C)(C1)CC(c1ccc(Nc4ccc(Nc5cccc(C(=O)O)n5)cc4)cc1)(C3)C2. The fourth-order valence-corrected chi connectivity index (χ4v) is 8.25. The van der Waals surface area contributed by atoms with E-state index in [1.807, 2.05) is 24.3 Å². The van der Waals surface area contributed by atoms with Crippen LogP contribution < -0.4 is 10.6 Å². The molecule has 2 aromatic carbocycles. The number of aromatic carboxylic acids is 1. The minimum atomic E-state index is -1.04. The van der Waals surface area contributed by atoms with Crippen molar-refractivity contribution in [1.82, 2.24) is 4.98 Å². The summed E-state index contributed by atoms with van der Waals surface area (Å²) in [7, 11) is 0. The van der Waals surface area contributed by atoms with E-state index >= 15 is 0 Å².